The zero-order chi connectivity index (χ0) is 24.6. The van der Waals surface area contributed by atoms with E-state index in [2.05, 4.69) is 4.90 Å². The topological polar surface area (TPSA) is 62.6 Å². The number of unbranched alkanes of at least 4 members (excludes halogenated alkanes) is 1. The van der Waals surface area contributed by atoms with E-state index in [0.29, 0.717) is 30.8 Å². The van der Waals surface area contributed by atoms with Gasteiger partial charge in [0, 0.05) is 38.9 Å². The van der Waals surface area contributed by atoms with E-state index < -0.39 is 21.1 Å². The predicted molar refractivity (Wildman–Crippen MR) is 134 cm³/mol. The highest BCUT2D eigenvalue weighted by Gasteiger charge is 2.26. The number of fused-ring (bicyclic) bond motifs is 1. The molecule has 0 radical (unpaired) electrons. The van der Waals surface area contributed by atoms with Crippen LogP contribution in [0.1, 0.15) is 30.9 Å². The SMILES string of the molecule is CCCCn1cc(S(=O)(=O)c2cc(C)cc(C)c2)c(=O)c2cc(F)c(N3CCN(C)CC3)cc21. The Morgan fingerprint density at radius 1 is 0.971 bits per heavy atom. The monoisotopic (exact) mass is 485 g/mol. The van der Waals surface area contributed by atoms with Gasteiger partial charge in [0.15, 0.2) is 0 Å². The van der Waals surface area contributed by atoms with Crippen LogP contribution in [0, 0.1) is 19.7 Å². The maximum Gasteiger partial charge on any atom is 0.211 e. The highest BCUT2D eigenvalue weighted by Crippen LogP contribution is 2.28. The molecule has 0 aliphatic carbocycles. The van der Waals surface area contributed by atoms with E-state index >= 15 is 4.39 Å². The van der Waals surface area contributed by atoms with Crippen molar-refractivity contribution in [2.45, 2.75) is 49.9 Å². The van der Waals surface area contributed by atoms with Gasteiger partial charge in [0.1, 0.15) is 10.7 Å². The smallest absolute Gasteiger partial charge is 0.211 e. The zero-order valence-electron chi connectivity index (χ0n) is 20.3. The number of hydrogen-bond donors (Lipinski definition) is 0. The number of anilines is 1. The second-order valence-electron chi connectivity index (χ2n) is 9.31. The van der Waals surface area contributed by atoms with Crippen molar-refractivity contribution >= 4 is 26.4 Å². The molecule has 8 heteroatoms. The molecule has 0 bridgehead atoms. The van der Waals surface area contributed by atoms with Crippen LogP contribution in [-0.4, -0.2) is 51.1 Å². The molecular weight excluding hydrogens is 453 g/mol. The first-order chi connectivity index (χ1) is 16.1. The third-order valence-corrected chi connectivity index (χ3v) is 8.23. The normalized spacial score (nSPS) is 15.3. The molecule has 34 heavy (non-hydrogen) atoms. The van der Waals surface area contributed by atoms with Crippen molar-refractivity contribution in [3.8, 4) is 0 Å². The predicted octanol–water partition coefficient (Wildman–Crippen LogP) is 4.14. The molecule has 1 aromatic heterocycles. The summed E-state index contributed by atoms with van der Waals surface area (Å²) >= 11 is 0. The Balaban J connectivity index is 1.92. The van der Waals surface area contributed by atoms with Gasteiger partial charge < -0.3 is 14.4 Å². The molecule has 182 valence electrons. The Morgan fingerprint density at radius 2 is 1.62 bits per heavy atom. The second kappa shape index (κ2) is 9.50. The van der Waals surface area contributed by atoms with Gasteiger partial charge >= 0.3 is 0 Å². The summed E-state index contributed by atoms with van der Waals surface area (Å²) in [7, 11) is -2.04. The lowest BCUT2D eigenvalue weighted by Crippen LogP contribution is -2.44. The number of piperazine rings is 1. The summed E-state index contributed by atoms with van der Waals surface area (Å²) < 4.78 is 44.1. The minimum Gasteiger partial charge on any atom is -0.367 e. The molecule has 1 aliphatic heterocycles. The molecule has 0 atom stereocenters. The van der Waals surface area contributed by atoms with Crippen molar-refractivity contribution in [2.24, 2.45) is 0 Å². The largest absolute Gasteiger partial charge is 0.367 e. The van der Waals surface area contributed by atoms with E-state index in [1.807, 2.05) is 38.8 Å². The summed E-state index contributed by atoms with van der Waals surface area (Å²) in [6.45, 7) is 9.26. The van der Waals surface area contributed by atoms with Gasteiger partial charge in [0.2, 0.25) is 15.3 Å². The molecule has 0 spiro atoms. The molecule has 1 saturated heterocycles. The van der Waals surface area contributed by atoms with Gasteiger partial charge in [-0.1, -0.05) is 19.4 Å². The van der Waals surface area contributed by atoms with Crippen molar-refractivity contribution in [2.75, 3.05) is 38.1 Å². The molecule has 2 heterocycles. The van der Waals surface area contributed by atoms with Gasteiger partial charge in [0.25, 0.3) is 0 Å². The molecule has 0 N–H and O–H groups in total. The Labute approximate surface area is 200 Å². The lowest BCUT2D eigenvalue weighted by Gasteiger charge is -2.34. The van der Waals surface area contributed by atoms with Crippen molar-refractivity contribution in [3.63, 3.8) is 0 Å². The maximum absolute atomic E-state index is 15.3. The first-order valence-corrected chi connectivity index (χ1v) is 13.2. The lowest BCUT2D eigenvalue weighted by atomic mass is 10.1. The van der Waals surface area contributed by atoms with Gasteiger partial charge in [0.05, 0.1) is 21.5 Å². The quantitative estimate of drug-likeness (QED) is 0.525. The van der Waals surface area contributed by atoms with Crippen LogP contribution >= 0.6 is 0 Å². The molecule has 0 amide bonds. The van der Waals surface area contributed by atoms with Crippen molar-refractivity contribution < 1.29 is 12.8 Å². The summed E-state index contributed by atoms with van der Waals surface area (Å²) in [6.07, 6.45) is 3.15. The zero-order valence-corrected chi connectivity index (χ0v) is 21.1. The summed E-state index contributed by atoms with van der Waals surface area (Å²) in [5.74, 6) is -0.503. The van der Waals surface area contributed by atoms with Gasteiger partial charge in [-0.2, -0.15) is 0 Å². The van der Waals surface area contributed by atoms with Crippen LogP contribution in [0.5, 0.6) is 0 Å². The van der Waals surface area contributed by atoms with Crippen molar-refractivity contribution in [1.82, 2.24) is 9.47 Å². The summed E-state index contributed by atoms with van der Waals surface area (Å²) in [4.78, 5) is 17.4. The Kier molecular flexibility index (Phi) is 6.82. The van der Waals surface area contributed by atoms with E-state index in [9.17, 15) is 13.2 Å². The van der Waals surface area contributed by atoms with E-state index in [1.165, 1.54) is 12.3 Å². The number of nitrogens with zero attached hydrogens (tertiary/aromatic N) is 3. The molecule has 1 aliphatic rings. The average molecular weight is 486 g/mol. The first-order valence-electron chi connectivity index (χ1n) is 11.8. The Morgan fingerprint density at radius 3 is 2.24 bits per heavy atom. The first kappa shape index (κ1) is 24.4. The lowest BCUT2D eigenvalue weighted by molar-refractivity contribution is 0.312. The van der Waals surface area contributed by atoms with Crippen LogP contribution in [0.3, 0.4) is 0 Å². The third kappa shape index (κ3) is 4.61. The third-order valence-electron chi connectivity index (χ3n) is 6.51. The fourth-order valence-electron chi connectivity index (χ4n) is 4.58. The summed E-state index contributed by atoms with van der Waals surface area (Å²) in [6, 6.07) is 7.95. The molecule has 6 nitrogen and oxygen atoms in total. The fraction of sp³-hybridized carbons (Fsp3) is 0.423. The molecule has 1 fully saturated rings. The molecule has 3 aromatic rings. The van der Waals surface area contributed by atoms with Crippen LogP contribution in [0.4, 0.5) is 10.1 Å². The number of sulfone groups is 1. The number of benzene rings is 2. The number of hydrogen-bond acceptors (Lipinski definition) is 5. The van der Waals surface area contributed by atoms with E-state index in [4.69, 9.17) is 0 Å². The van der Waals surface area contributed by atoms with E-state index in [0.717, 1.165) is 37.1 Å². The number of aryl methyl sites for hydroxylation is 3. The standard InChI is InChI=1S/C26H32FN3O3S/c1-5-6-7-30-17-25(34(32,33)20-13-18(2)12-19(3)14-20)26(31)21-15-22(27)24(16-23(21)30)29-10-8-28(4)9-11-29/h12-17H,5-11H2,1-4H3. The minimum atomic E-state index is -4.07. The molecule has 0 unspecified atom stereocenters. The minimum absolute atomic E-state index is 0.0815. The average Bonchev–Trinajstić information content (AvgIpc) is 2.78. The number of rotatable bonds is 6. The van der Waals surface area contributed by atoms with Gasteiger partial charge in [-0.05, 0) is 62.7 Å². The number of likely N-dealkylation sites (N-methyl/N-ethyl adjacent to an activating group) is 1. The number of pyridine rings is 1. The number of halogens is 1. The molecule has 0 saturated carbocycles. The van der Waals surface area contributed by atoms with E-state index in [-0.39, 0.29) is 15.2 Å². The summed E-state index contributed by atoms with van der Waals surface area (Å²) in [5, 5.41) is 0.0944. The van der Waals surface area contributed by atoms with Gasteiger partial charge in [-0.25, -0.2) is 12.8 Å². The van der Waals surface area contributed by atoms with Gasteiger partial charge in [-0.3, -0.25) is 4.79 Å². The Bertz CT molecular complexity index is 1370. The fourth-order valence-corrected chi connectivity index (χ4v) is 6.14. The van der Waals surface area contributed by atoms with Crippen molar-refractivity contribution in [3.05, 3.63) is 63.7 Å². The van der Waals surface area contributed by atoms with Crippen LogP contribution in [0.25, 0.3) is 10.9 Å². The molecular formula is C26H32FN3O3S. The van der Waals surface area contributed by atoms with Crippen LogP contribution < -0.4 is 10.3 Å². The number of aromatic nitrogens is 1. The second-order valence-corrected chi connectivity index (χ2v) is 11.2. The molecule has 4 rings (SSSR count). The van der Waals surface area contributed by atoms with Crippen LogP contribution in [0.2, 0.25) is 0 Å². The van der Waals surface area contributed by atoms with Crippen LogP contribution in [0.15, 0.2) is 51.1 Å². The maximum atomic E-state index is 15.3. The summed E-state index contributed by atoms with van der Waals surface area (Å²) in [5.41, 5.74) is 1.95. The molecule has 2 aromatic carbocycles. The van der Waals surface area contributed by atoms with Crippen LogP contribution in [-0.2, 0) is 16.4 Å². The van der Waals surface area contributed by atoms with Crippen molar-refractivity contribution in [1.29, 1.82) is 0 Å². The Hall–Kier alpha value is -2.71. The highest BCUT2D eigenvalue weighted by atomic mass is 32.2. The highest BCUT2D eigenvalue weighted by molar-refractivity contribution is 7.91. The van der Waals surface area contributed by atoms with E-state index in [1.54, 1.807) is 22.8 Å². The van der Waals surface area contributed by atoms with Gasteiger partial charge in [-0.15, -0.1) is 0 Å².